The van der Waals surface area contributed by atoms with Crippen LogP contribution in [-0.2, 0) is 14.8 Å². The summed E-state index contributed by atoms with van der Waals surface area (Å²) in [5, 5.41) is 13.5. The predicted octanol–water partition coefficient (Wildman–Crippen LogP) is 3.16. The number of carbonyl (C=O) groups is 1. The van der Waals surface area contributed by atoms with Crippen LogP contribution in [0.2, 0.25) is 0 Å². The van der Waals surface area contributed by atoms with Gasteiger partial charge in [0.15, 0.2) is 6.61 Å². The van der Waals surface area contributed by atoms with Crippen LogP contribution in [-0.4, -0.2) is 32.4 Å². The molecule has 2 N–H and O–H groups in total. The van der Waals surface area contributed by atoms with Crippen LogP contribution >= 0.6 is 0 Å². The number of sulfonamides is 1. The van der Waals surface area contributed by atoms with Crippen LogP contribution in [0.25, 0.3) is 0 Å². The van der Waals surface area contributed by atoms with Gasteiger partial charge in [-0.3, -0.25) is 14.9 Å². The molecule has 2 aromatic carbocycles. The molecule has 0 spiro atoms. The van der Waals surface area contributed by atoms with E-state index in [4.69, 9.17) is 4.74 Å². The number of amides is 1. The first kappa shape index (κ1) is 23.3. The van der Waals surface area contributed by atoms with Gasteiger partial charge in [-0.2, -0.15) is 0 Å². The Labute approximate surface area is 175 Å². The lowest BCUT2D eigenvalue weighted by molar-refractivity contribution is -0.384. The predicted molar refractivity (Wildman–Crippen MR) is 113 cm³/mol. The number of ether oxygens (including phenoxy) is 1. The maximum Gasteiger partial charge on any atom is 0.271 e. The van der Waals surface area contributed by atoms with Gasteiger partial charge in [0, 0.05) is 18.7 Å². The third kappa shape index (κ3) is 6.26. The summed E-state index contributed by atoms with van der Waals surface area (Å²) in [5.41, 5.74) is 1.43. The summed E-state index contributed by atoms with van der Waals surface area (Å²) in [6.07, 6.45) is 0. The van der Waals surface area contributed by atoms with E-state index in [0.29, 0.717) is 29.1 Å². The maximum atomic E-state index is 12.3. The molecule has 0 aliphatic carbocycles. The zero-order chi connectivity index (χ0) is 22.5. The molecule has 0 aliphatic heterocycles. The fourth-order valence-electron chi connectivity index (χ4n) is 2.50. The highest BCUT2D eigenvalue weighted by Crippen LogP contribution is 2.23. The first-order valence-electron chi connectivity index (χ1n) is 9.27. The highest BCUT2D eigenvalue weighted by Gasteiger charge is 2.16. The van der Waals surface area contributed by atoms with Gasteiger partial charge in [0.05, 0.1) is 15.5 Å². The van der Waals surface area contributed by atoms with Gasteiger partial charge in [-0.1, -0.05) is 19.9 Å². The van der Waals surface area contributed by atoms with Crippen LogP contribution in [0.3, 0.4) is 0 Å². The van der Waals surface area contributed by atoms with E-state index in [9.17, 15) is 23.3 Å². The van der Waals surface area contributed by atoms with E-state index < -0.39 is 20.9 Å². The fraction of sp³-hybridized carbons (Fsp3) is 0.350. The number of rotatable bonds is 9. The van der Waals surface area contributed by atoms with E-state index in [1.54, 1.807) is 19.9 Å². The molecule has 0 saturated carbocycles. The third-order valence-electron chi connectivity index (χ3n) is 4.20. The van der Waals surface area contributed by atoms with Gasteiger partial charge in [-0.05, 0) is 49.1 Å². The number of nitro groups is 1. The molecule has 2 aromatic rings. The lowest BCUT2D eigenvalue weighted by Gasteiger charge is -2.13. The van der Waals surface area contributed by atoms with E-state index in [2.05, 4.69) is 10.0 Å². The number of anilines is 1. The third-order valence-corrected chi connectivity index (χ3v) is 5.62. The summed E-state index contributed by atoms with van der Waals surface area (Å²) >= 11 is 0. The van der Waals surface area contributed by atoms with Crippen molar-refractivity contribution in [2.45, 2.75) is 32.6 Å². The maximum absolute atomic E-state index is 12.3. The monoisotopic (exact) mass is 435 g/mol. The Morgan fingerprint density at radius 2 is 1.83 bits per heavy atom. The van der Waals surface area contributed by atoms with Gasteiger partial charge in [-0.15, -0.1) is 0 Å². The second-order valence-corrected chi connectivity index (χ2v) is 9.03. The second-order valence-electron chi connectivity index (χ2n) is 7.27. The number of carbonyl (C=O) groups excluding carboxylic acids is 1. The Morgan fingerprint density at radius 1 is 1.13 bits per heavy atom. The number of benzene rings is 2. The Bertz CT molecular complexity index is 1050. The highest BCUT2D eigenvalue weighted by atomic mass is 32.2. The molecule has 0 aromatic heterocycles. The van der Waals surface area contributed by atoms with Crippen molar-refractivity contribution in [3.63, 3.8) is 0 Å². The minimum atomic E-state index is -3.62. The van der Waals surface area contributed by atoms with Crippen molar-refractivity contribution in [3.05, 3.63) is 57.6 Å². The van der Waals surface area contributed by atoms with Gasteiger partial charge in [-0.25, -0.2) is 13.1 Å². The van der Waals surface area contributed by atoms with E-state index in [-0.39, 0.29) is 23.1 Å². The molecule has 0 bridgehead atoms. The molecule has 10 heteroatoms. The molecule has 9 nitrogen and oxygen atoms in total. The van der Waals surface area contributed by atoms with Crippen LogP contribution in [0.1, 0.15) is 25.0 Å². The normalized spacial score (nSPS) is 11.4. The molecule has 2 rings (SSSR count). The molecule has 30 heavy (non-hydrogen) atoms. The van der Waals surface area contributed by atoms with Crippen molar-refractivity contribution in [1.82, 2.24) is 4.72 Å². The summed E-state index contributed by atoms with van der Waals surface area (Å²) in [7, 11) is -3.62. The molecular weight excluding hydrogens is 410 g/mol. The van der Waals surface area contributed by atoms with Crippen LogP contribution in [0.4, 0.5) is 11.4 Å². The molecule has 1 amide bonds. The van der Waals surface area contributed by atoms with E-state index >= 15 is 0 Å². The zero-order valence-electron chi connectivity index (χ0n) is 17.3. The molecule has 162 valence electrons. The summed E-state index contributed by atoms with van der Waals surface area (Å²) in [6, 6.07) is 8.56. The van der Waals surface area contributed by atoms with Crippen molar-refractivity contribution in [3.8, 4) is 5.75 Å². The van der Waals surface area contributed by atoms with Crippen molar-refractivity contribution in [2.24, 2.45) is 5.92 Å². The molecule has 0 radical (unpaired) electrons. The molecule has 0 unspecified atom stereocenters. The Hall–Kier alpha value is -2.98. The average molecular weight is 436 g/mol. The van der Waals surface area contributed by atoms with Gasteiger partial charge in [0.25, 0.3) is 11.6 Å². The topological polar surface area (TPSA) is 128 Å². The number of non-ortho nitro benzene ring substituents is 1. The summed E-state index contributed by atoms with van der Waals surface area (Å²) in [5.74, 6) is 0.0497. The Balaban J connectivity index is 2.03. The number of nitro benzene ring substituents is 1. The number of hydrogen-bond donors (Lipinski definition) is 2. The molecule has 0 atom stereocenters. The molecule has 0 saturated heterocycles. The molecular formula is C20H25N3O6S. The summed E-state index contributed by atoms with van der Waals surface area (Å²) in [6.45, 7) is 7.21. The smallest absolute Gasteiger partial charge is 0.271 e. The van der Waals surface area contributed by atoms with Crippen LogP contribution in [0.5, 0.6) is 5.75 Å². The molecule has 0 aliphatic rings. The van der Waals surface area contributed by atoms with Gasteiger partial charge in [0.2, 0.25) is 10.0 Å². The number of hydrogen-bond acceptors (Lipinski definition) is 6. The van der Waals surface area contributed by atoms with Gasteiger partial charge < -0.3 is 10.1 Å². The van der Waals surface area contributed by atoms with Crippen molar-refractivity contribution >= 4 is 27.3 Å². The van der Waals surface area contributed by atoms with Gasteiger partial charge >= 0.3 is 0 Å². The minimum absolute atomic E-state index is 0.115. The van der Waals surface area contributed by atoms with Crippen molar-refractivity contribution < 1.29 is 22.9 Å². The van der Waals surface area contributed by atoms with Gasteiger partial charge in [0.1, 0.15) is 5.75 Å². The largest absolute Gasteiger partial charge is 0.483 e. The van der Waals surface area contributed by atoms with Crippen LogP contribution in [0.15, 0.2) is 41.3 Å². The lowest BCUT2D eigenvalue weighted by atomic mass is 10.2. The quantitative estimate of drug-likeness (QED) is 0.460. The van der Waals surface area contributed by atoms with E-state index in [1.165, 1.54) is 30.3 Å². The average Bonchev–Trinajstić information content (AvgIpc) is 2.67. The second kappa shape index (κ2) is 9.68. The van der Waals surface area contributed by atoms with E-state index in [0.717, 1.165) is 0 Å². The van der Waals surface area contributed by atoms with Crippen molar-refractivity contribution in [2.75, 3.05) is 18.5 Å². The summed E-state index contributed by atoms with van der Waals surface area (Å²) in [4.78, 5) is 22.7. The van der Waals surface area contributed by atoms with Crippen LogP contribution < -0.4 is 14.8 Å². The number of aryl methyl sites for hydroxylation is 2. The van der Waals surface area contributed by atoms with E-state index in [1.807, 2.05) is 13.8 Å². The Morgan fingerprint density at radius 3 is 2.43 bits per heavy atom. The number of nitrogens with one attached hydrogen (secondary N) is 2. The minimum Gasteiger partial charge on any atom is -0.483 e. The first-order chi connectivity index (χ1) is 14.0. The standard InChI is InChI=1S/C20H25N3O6S/c1-13(2)11-21-30(27,28)17-7-8-19(15(4)9-17)29-12-20(24)22-18-10-16(23(25)26)6-5-14(18)3/h5-10,13,21H,11-12H2,1-4H3,(H,22,24). The highest BCUT2D eigenvalue weighted by molar-refractivity contribution is 7.89. The first-order valence-corrected chi connectivity index (χ1v) is 10.8. The molecule has 0 fully saturated rings. The van der Waals surface area contributed by atoms with Crippen LogP contribution in [0, 0.1) is 29.9 Å². The zero-order valence-corrected chi connectivity index (χ0v) is 18.1. The fourth-order valence-corrected chi connectivity index (χ4v) is 3.80. The summed E-state index contributed by atoms with van der Waals surface area (Å²) < 4.78 is 32.7. The number of nitrogens with zero attached hydrogens (tertiary/aromatic N) is 1. The molecule has 0 heterocycles. The Kier molecular flexibility index (Phi) is 7.52. The SMILES string of the molecule is Cc1ccc([N+](=O)[O-])cc1NC(=O)COc1ccc(S(=O)(=O)NCC(C)C)cc1C. The van der Waals surface area contributed by atoms with Crippen molar-refractivity contribution in [1.29, 1.82) is 0 Å². The lowest BCUT2D eigenvalue weighted by Crippen LogP contribution is -2.27.